The number of halogens is 1. The van der Waals surface area contributed by atoms with Crippen LogP contribution in [-0.2, 0) is 9.53 Å². The second-order valence-electron chi connectivity index (χ2n) is 4.73. The molecule has 21 heavy (non-hydrogen) atoms. The number of nitrogens with one attached hydrogen (secondary N) is 2. The van der Waals surface area contributed by atoms with Gasteiger partial charge in [-0.25, -0.2) is 4.79 Å². The highest BCUT2D eigenvalue weighted by atomic mass is 127. The molecule has 0 aromatic carbocycles. The third-order valence-corrected chi connectivity index (χ3v) is 4.03. The second kappa shape index (κ2) is 6.71. The van der Waals surface area contributed by atoms with Crippen molar-refractivity contribution in [3.63, 3.8) is 0 Å². The normalized spacial score (nSPS) is 25.0. The Morgan fingerprint density at radius 1 is 1.62 bits per heavy atom. The van der Waals surface area contributed by atoms with Gasteiger partial charge in [0.2, 0.25) is 5.91 Å². The van der Waals surface area contributed by atoms with Gasteiger partial charge < -0.3 is 15.2 Å². The number of aromatic amines is 1. The van der Waals surface area contributed by atoms with Gasteiger partial charge in [-0.2, -0.15) is 0 Å². The standard InChI is InChI=1S/C12H16IN3O5/c1-2-9(18)14-4-8-7(17)3-10(21-8)16-5-6(13)11(19)15-12(16)20/h5,7-8,10,17H,2-4H2,1H3,(H,14,18)(H,15,19,20)/t7-,8+,10+/m0/s1. The lowest BCUT2D eigenvalue weighted by Gasteiger charge is -2.16. The van der Waals surface area contributed by atoms with Crippen LogP contribution in [0.3, 0.4) is 0 Å². The molecule has 0 aliphatic carbocycles. The maximum Gasteiger partial charge on any atom is 0.330 e. The molecule has 0 bridgehead atoms. The van der Waals surface area contributed by atoms with Crippen molar-refractivity contribution in [2.24, 2.45) is 0 Å². The largest absolute Gasteiger partial charge is 0.390 e. The molecule has 1 saturated heterocycles. The van der Waals surface area contributed by atoms with E-state index in [0.29, 0.717) is 9.99 Å². The minimum Gasteiger partial charge on any atom is -0.390 e. The van der Waals surface area contributed by atoms with E-state index in [0.717, 1.165) is 0 Å². The van der Waals surface area contributed by atoms with E-state index >= 15 is 0 Å². The van der Waals surface area contributed by atoms with E-state index in [1.165, 1.54) is 10.8 Å². The van der Waals surface area contributed by atoms with E-state index in [-0.39, 0.29) is 18.9 Å². The molecule has 3 atom stereocenters. The van der Waals surface area contributed by atoms with Crippen molar-refractivity contribution in [3.8, 4) is 0 Å². The highest BCUT2D eigenvalue weighted by molar-refractivity contribution is 14.1. The Kier molecular flexibility index (Phi) is 5.17. The van der Waals surface area contributed by atoms with Crippen LogP contribution in [0.1, 0.15) is 26.0 Å². The molecule has 0 radical (unpaired) electrons. The average molecular weight is 409 g/mol. The van der Waals surface area contributed by atoms with Crippen LogP contribution in [0, 0.1) is 3.57 Å². The number of aliphatic hydroxyl groups is 1. The summed E-state index contributed by atoms with van der Waals surface area (Å²) in [6.07, 6.45) is -0.0722. The highest BCUT2D eigenvalue weighted by Gasteiger charge is 2.35. The summed E-state index contributed by atoms with van der Waals surface area (Å²) in [5.74, 6) is -0.134. The predicted octanol–water partition coefficient (Wildman–Crippen LogP) is -0.684. The van der Waals surface area contributed by atoms with Crippen LogP contribution in [0.4, 0.5) is 0 Å². The fourth-order valence-corrected chi connectivity index (χ4v) is 2.52. The average Bonchev–Trinajstić information content (AvgIpc) is 2.81. The summed E-state index contributed by atoms with van der Waals surface area (Å²) in [4.78, 5) is 36.5. The number of aromatic nitrogens is 2. The quantitative estimate of drug-likeness (QED) is 0.571. The fraction of sp³-hybridized carbons (Fsp3) is 0.583. The van der Waals surface area contributed by atoms with Crippen LogP contribution in [0.15, 0.2) is 15.8 Å². The van der Waals surface area contributed by atoms with Crippen LogP contribution >= 0.6 is 22.6 Å². The highest BCUT2D eigenvalue weighted by Crippen LogP contribution is 2.27. The first kappa shape index (κ1) is 16.2. The molecule has 1 aliphatic heterocycles. The van der Waals surface area contributed by atoms with Crippen molar-refractivity contribution in [3.05, 3.63) is 30.6 Å². The fourth-order valence-electron chi connectivity index (χ4n) is 2.08. The van der Waals surface area contributed by atoms with E-state index in [1.807, 2.05) is 22.6 Å². The summed E-state index contributed by atoms with van der Waals surface area (Å²) in [5.41, 5.74) is -1.04. The molecule has 1 aromatic heterocycles. The Balaban J connectivity index is 2.10. The summed E-state index contributed by atoms with van der Waals surface area (Å²) in [6.45, 7) is 1.91. The minimum absolute atomic E-state index is 0.134. The number of H-pyrrole nitrogens is 1. The lowest BCUT2D eigenvalue weighted by Crippen LogP contribution is -2.37. The molecule has 1 aliphatic rings. The van der Waals surface area contributed by atoms with Crippen LogP contribution in [0.2, 0.25) is 0 Å². The van der Waals surface area contributed by atoms with Crippen molar-refractivity contribution >= 4 is 28.5 Å². The number of aliphatic hydroxyl groups excluding tert-OH is 1. The molecular weight excluding hydrogens is 393 g/mol. The van der Waals surface area contributed by atoms with Crippen LogP contribution in [-0.4, -0.2) is 39.3 Å². The van der Waals surface area contributed by atoms with Crippen molar-refractivity contribution in [2.75, 3.05) is 6.54 Å². The van der Waals surface area contributed by atoms with Crippen molar-refractivity contribution in [2.45, 2.75) is 38.2 Å². The third-order valence-electron chi connectivity index (χ3n) is 3.26. The molecule has 8 nitrogen and oxygen atoms in total. The zero-order chi connectivity index (χ0) is 15.6. The van der Waals surface area contributed by atoms with E-state index in [4.69, 9.17) is 4.74 Å². The second-order valence-corrected chi connectivity index (χ2v) is 5.90. The first-order chi connectivity index (χ1) is 9.92. The van der Waals surface area contributed by atoms with Crippen molar-refractivity contribution in [1.29, 1.82) is 0 Å². The number of ether oxygens (including phenoxy) is 1. The number of carbonyl (C=O) groups excluding carboxylic acids is 1. The number of rotatable bonds is 4. The van der Waals surface area contributed by atoms with Gasteiger partial charge in [0.1, 0.15) is 12.3 Å². The third kappa shape index (κ3) is 3.71. The molecule has 2 rings (SSSR count). The molecule has 0 unspecified atom stereocenters. The molecular formula is C12H16IN3O5. The van der Waals surface area contributed by atoms with Crippen LogP contribution in [0.5, 0.6) is 0 Å². The van der Waals surface area contributed by atoms with Crippen LogP contribution in [0.25, 0.3) is 0 Å². The van der Waals surface area contributed by atoms with Gasteiger partial charge in [0.25, 0.3) is 5.56 Å². The molecule has 0 saturated carbocycles. The van der Waals surface area contributed by atoms with Gasteiger partial charge in [-0.15, -0.1) is 0 Å². The number of nitrogens with zero attached hydrogens (tertiary/aromatic N) is 1. The van der Waals surface area contributed by atoms with Gasteiger partial charge in [-0.05, 0) is 22.6 Å². The van der Waals surface area contributed by atoms with Gasteiger partial charge in [0.05, 0.1) is 9.67 Å². The first-order valence-corrected chi connectivity index (χ1v) is 7.61. The molecule has 116 valence electrons. The molecule has 2 heterocycles. The van der Waals surface area contributed by atoms with Gasteiger partial charge in [-0.3, -0.25) is 19.1 Å². The lowest BCUT2D eigenvalue weighted by molar-refractivity contribution is -0.121. The Morgan fingerprint density at radius 2 is 2.33 bits per heavy atom. The Morgan fingerprint density at radius 3 is 3.00 bits per heavy atom. The molecule has 1 aromatic rings. The zero-order valence-electron chi connectivity index (χ0n) is 11.3. The number of hydrogen-bond acceptors (Lipinski definition) is 5. The molecule has 1 fully saturated rings. The first-order valence-electron chi connectivity index (χ1n) is 6.53. The van der Waals surface area contributed by atoms with E-state index in [2.05, 4.69) is 10.3 Å². The van der Waals surface area contributed by atoms with E-state index < -0.39 is 29.7 Å². The van der Waals surface area contributed by atoms with Crippen molar-refractivity contribution in [1.82, 2.24) is 14.9 Å². The smallest absolute Gasteiger partial charge is 0.330 e. The Hall–Kier alpha value is -1.20. The van der Waals surface area contributed by atoms with E-state index in [1.54, 1.807) is 6.92 Å². The number of hydrogen-bond donors (Lipinski definition) is 3. The maximum absolute atomic E-state index is 11.8. The minimum atomic E-state index is -0.788. The maximum atomic E-state index is 11.8. The predicted molar refractivity (Wildman–Crippen MR) is 81.9 cm³/mol. The summed E-state index contributed by atoms with van der Waals surface area (Å²) in [6, 6.07) is 0. The summed E-state index contributed by atoms with van der Waals surface area (Å²) in [7, 11) is 0. The van der Waals surface area contributed by atoms with Gasteiger partial charge in [-0.1, -0.05) is 6.92 Å². The summed E-state index contributed by atoms with van der Waals surface area (Å²) >= 11 is 1.82. The topological polar surface area (TPSA) is 113 Å². The van der Waals surface area contributed by atoms with Crippen molar-refractivity contribution < 1.29 is 14.6 Å². The molecule has 1 amide bonds. The molecule has 0 spiro atoms. The lowest BCUT2D eigenvalue weighted by atomic mass is 10.2. The summed E-state index contributed by atoms with van der Waals surface area (Å²) < 4.78 is 7.20. The zero-order valence-corrected chi connectivity index (χ0v) is 13.5. The number of carbonyl (C=O) groups is 1. The monoisotopic (exact) mass is 409 g/mol. The summed E-state index contributed by atoms with van der Waals surface area (Å²) in [5, 5.41) is 12.6. The molecule has 9 heteroatoms. The molecule has 3 N–H and O–H groups in total. The Labute approximate surface area is 133 Å². The Bertz CT molecular complexity index is 641. The van der Waals surface area contributed by atoms with Gasteiger partial charge in [0, 0.05) is 25.6 Å². The SMILES string of the molecule is CCC(=O)NC[C@H]1O[C@@H](n2cc(I)c(=O)[nH]c2=O)C[C@@H]1O. The van der Waals surface area contributed by atoms with Gasteiger partial charge in [0.15, 0.2) is 0 Å². The number of amides is 1. The van der Waals surface area contributed by atoms with E-state index in [9.17, 15) is 19.5 Å². The van der Waals surface area contributed by atoms with Gasteiger partial charge >= 0.3 is 5.69 Å². The van der Waals surface area contributed by atoms with Crippen LogP contribution < -0.4 is 16.6 Å².